The van der Waals surface area contributed by atoms with Crippen molar-refractivity contribution in [3.63, 3.8) is 0 Å². The fourth-order valence-corrected chi connectivity index (χ4v) is 1.94. The lowest BCUT2D eigenvalue weighted by Crippen LogP contribution is -2.16. The summed E-state index contributed by atoms with van der Waals surface area (Å²) in [6, 6.07) is 9.11. The van der Waals surface area contributed by atoms with E-state index in [-0.39, 0.29) is 11.3 Å². The first-order valence-corrected chi connectivity index (χ1v) is 6.03. The monoisotopic (exact) mass is 316 g/mol. The quantitative estimate of drug-likeness (QED) is 0.900. The van der Waals surface area contributed by atoms with E-state index >= 15 is 0 Å². The van der Waals surface area contributed by atoms with E-state index in [1.54, 1.807) is 0 Å². The SMILES string of the molecule is O=C(O)c1ccc(Cl)c(-c2ccc(OC(F)(F)F)cc2)c1. The van der Waals surface area contributed by atoms with Crippen molar-refractivity contribution in [2.45, 2.75) is 6.36 Å². The van der Waals surface area contributed by atoms with Gasteiger partial charge in [-0.3, -0.25) is 0 Å². The molecule has 21 heavy (non-hydrogen) atoms. The van der Waals surface area contributed by atoms with E-state index in [1.165, 1.54) is 30.3 Å². The van der Waals surface area contributed by atoms with E-state index in [1.807, 2.05) is 0 Å². The fourth-order valence-electron chi connectivity index (χ4n) is 1.72. The van der Waals surface area contributed by atoms with Crippen molar-refractivity contribution in [1.29, 1.82) is 0 Å². The van der Waals surface area contributed by atoms with Gasteiger partial charge in [-0.15, -0.1) is 13.2 Å². The maximum Gasteiger partial charge on any atom is 0.573 e. The molecule has 2 aromatic rings. The maximum atomic E-state index is 12.1. The summed E-state index contributed by atoms with van der Waals surface area (Å²) in [6.07, 6.45) is -4.76. The highest BCUT2D eigenvalue weighted by Gasteiger charge is 2.30. The summed E-state index contributed by atoms with van der Waals surface area (Å²) in [5.41, 5.74) is 0.928. The first kappa shape index (κ1) is 15.2. The molecule has 0 atom stereocenters. The Kier molecular flexibility index (Phi) is 4.09. The van der Waals surface area contributed by atoms with Crippen LogP contribution in [-0.2, 0) is 0 Å². The summed E-state index contributed by atoms with van der Waals surface area (Å²) in [4.78, 5) is 10.9. The zero-order valence-corrected chi connectivity index (χ0v) is 11.1. The first-order chi connectivity index (χ1) is 9.76. The molecule has 1 N–H and O–H groups in total. The number of carboxylic acids is 1. The molecular weight excluding hydrogens is 309 g/mol. The van der Waals surface area contributed by atoms with Crippen molar-refractivity contribution < 1.29 is 27.8 Å². The number of ether oxygens (including phenoxy) is 1. The highest BCUT2D eigenvalue weighted by molar-refractivity contribution is 6.33. The molecule has 110 valence electrons. The Morgan fingerprint density at radius 2 is 1.71 bits per heavy atom. The second-order valence-electron chi connectivity index (χ2n) is 4.07. The van der Waals surface area contributed by atoms with E-state index < -0.39 is 12.3 Å². The Morgan fingerprint density at radius 3 is 2.24 bits per heavy atom. The lowest BCUT2D eigenvalue weighted by atomic mass is 10.0. The molecule has 0 saturated heterocycles. The Labute approximate surface area is 122 Å². The van der Waals surface area contributed by atoms with Crippen molar-refractivity contribution in [3.05, 3.63) is 53.1 Å². The van der Waals surface area contributed by atoms with Crippen molar-refractivity contribution in [1.82, 2.24) is 0 Å². The van der Waals surface area contributed by atoms with Crippen LogP contribution in [0.2, 0.25) is 5.02 Å². The van der Waals surface area contributed by atoms with Gasteiger partial charge in [0.1, 0.15) is 5.75 Å². The molecule has 0 unspecified atom stereocenters. The van der Waals surface area contributed by atoms with Crippen LogP contribution in [0, 0.1) is 0 Å². The number of carbonyl (C=O) groups is 1. The van der Waals surface area contributed by atoms with Crippen LogP contribution in [0.3, 0.4) is 0 Å². The Morgan fingerprint density at radius 1 is 1.10 bits per heavy atom. The average Bonchev–Trinajstić information content (AvgIpc) is 2.38. The molecule has 0 aliphatic heterocycles. The zero-order valence-electron chi connectivity index (χ0n) is 10.3. The van der Waals surface area contributed by atoms with Gasteiger partial charge in [-0.05, 0) is 35.9 Å². The molecule has 2 aromatic carbocycles. The van der Waals surface area contributed by atoms with Gasteiger partial charge in [0.05, 0.1) is 5.56 Å². The number of alkyl halides is 3. The topological polar surface area (TPSA) is 46.5 Å². The predicted octanol–water partition coefficient (Wildman–Crippen LogP) is 4.60. The minimum atomic E-state index is -4.76. The minimum Gasteiger partial charge on any atom is -0.478 e. The van der Waals surface area contributed by atoms with E-state index in [0.717, 1.165) is 12.1 Å². The number of hydrogen-bond donors (Lipinski definition) is 1. The molecule has 0 aliphatic carbocycles. The van der Waals surface area contributed by atoms with Gasteiger partial charge in [0, 0.05) is 10.6 Å². The number of hydrogen-bond acceptors (Lipinski definition) is 2. The third-order valence-corrected chi connectivity index (χ3v) is 2.94. The van der Waals surface area contributed by atoms with Crippen molar-refractivity contribution >= 4 is 17.6 Å². The second-order valence-corrected chi connectivity index (χ2v) is 4.48. The molecule has 0 fully saturated rings. The summed E-state index contributed by atoms with van der Waals surface area (Å²) in [6.45, 7) is 0. The third kappa shape index (κ3) is 3.88. The van der Waals surface area contributed by atoms with E-state index in [0.29, 0.717) is 16.1 Å². The molecule has 3 nitrogen and oxygen atoms in total. The summed E-state index contributed by atoms with van der Waals surface area (Å²) in [5, 5.41) is 9.23. The smallest absolute Gasteiger partial charge is 0.478 e. The lowest BCUT2D eigenvalue weighted by Gasteiger charge is -2.10. The molecular formula is C14H8ClF3O3. The van der Waals surface area contributed by atoms with Gasteiger partial charge >= 0.3 is 12.3 Å². The third-order valence-electron chi connectivity index (χ3n) is 2.61. The van der Waals surface area contributed by atoms with Crippen molar-refractivity contribution in [2.75, 3.05) is 0 Å². The molecule has 0 amide bonds. The number of carboxylic acid groups (broad SMARTS) is 1. The number of rotatable bonds is 3. The van der Waals surface area contributed by atoms with Crippen molar-refractivity contribution in [2.24, 2.45) is 0 Å². The molecule has 2 rings (SSSR count). The van der Waals surface area contributed by atoms with E-state index in [9.17, 15) is 18.0 Å². The van der Waals surface area contributed by atoms with Crippen LogP contribution in [0.25, 0.3) is 11.1 Å². The molecule has 0 aromatic heterocycles. The van der Waals surface area contributed by atoms with E-state index in [2.05, 4.69) is 4.74 Å². The highest BCUT2D eigenvalue weighted by atomic mass is 35.5. The molecule has 0 heterocycles. The molecule has 0 aliphatic rings. The van der Waals surface area contributed by atoms with Gasteiger partial charge in [0.25, 0.3) is 0 Å². The van der Waals surface area contributed by atoms with Crippen LogP contribution in [0.1, 0.15) is 10.4 Å². The Balaban J connectivity index is 2.34. The average molecular weight is 317 g/mol. The molecule has 0 spiro atoms. The Hall–Kier alpha value is -2.21. The number of benzene rings is 2. The van der Waals surface area contributed by atoms with Gasteiger partial charge in [-0.25, -0.2) is 4.79 Å². The lowest BCUT2D eigenvalue weighted by molar-refractivity contribution is -0.274. The van der Waals surface area contributed by atoms with Crippen LogP contribution >= 0.6 is 11.6 Å². The van der Waals surface area contributed by atoms with Crippen LogP contribution in [-0.4, -0.2) is 17.4 Å². The first-order valence-electron chi connectivity index (χ1n) is 5.65. The van der Waals surface area contributed by atoms with Gasteiger partial charge in [0.2, 0.25) is 0 Å². The summed E-state index contributed by atoms with van der Waals surface area (Å²) in [7, 11) is 0. The molecule has 0 radical (unpaired) electrons. The summed E-state index contributed by atoms with van der Waals surface area (Å²) in [5.74, 6) is -1.48. The highest BCUT2D eigenvalue weighted by Crippen LogP contribution is 2.31. The van der Waals surface area contributed by atoms with Crippen LogP contribution in [0.4, 0.5) is 13.2 Å². The minimum absolute atomic E-state index is 0.0324. The largest absolute Gasteiger partial charge is 0.573 e. The second kappa shape index (κ2) is 5.65. The van der Waals surface area contributed by atoms with Crippen LogP contribution < -0.4 is 4.74 Å². The number of aromatic carboxylic acids is 1. The summed E-state index contributed by atoms with van der Waals surface area (Å²) >= 11 is 5.98. The van der Waals surface area contributed by atoms with Gasteiger partial charge in [-0.1, -0.05) is 23.7 Å². The maximum absolute atomic E-state index is 12.1. The van der Waals surface area contributed by atoms with Crippen LogP contribution in [0.5, 0.6) is 5.75 Å². The molecule has 7 heteroatoms. The van der Waals surface area contributed by atoms with Crippen LogP contribution in [0.15, 0.2) is 42.5 Å². The van der Waals surface area contributed by atoms with Gasteiger partial charge < -0.3 is 9.84 Å². The van der Waals surface area contributed by atoms with E-state index in [4.69, 9.17) is 16.7 Å². The molecule has 0 saturated carbocycles. The predicted molar refractivity (Wildman–Crippen MR) is 70.5 cm³/mol. The fraction of sp³-hybridized carbons (Fsp3) is 0.0714. The standard InChI is InChI=1S/C14H8ClF3O3/c15-12-6-3-9(13(19)20)7-11(12)8-1-4-10(5-2-8)21-14(16,17)18/h1-7H,(H,19,20). The Bertz CT molecular complexity index is 666. The van der Waals surface area contributed by atoms with Gasteiger partial charge in [-0.2, -0.15) is 0 Å². The zero-order chi connectivity index (χ0) is 15.6. The number of halogens is 4. The normalized spacial score (nSPS) is 11.2. The summed E-state index contributed by atoms with van der Waals surface area (Å²) < 4.78 is 39.9. The van der Waals surface area contributed by atoms with Crippen molar-refractivity contribution in [3.8, 4) is 16.9 Å². The molecule has 0 bridgehead atoms. The van der Waals surface area contributed by atoms with Gasteiger partial charge in [0.15, 0.2) is 0 Å².